The lowest BCUT2D eigenvalue weighted by Gasteiger charge is -2.25. The van der Waals surface area contributed by atoms with Crippen LogP contribution in [0, 0.1) is 0 Å². The van der Waals surface area contributed by atoms with Gasteiger partial charge in [-0.05, 0) is 25.1 Å². The molecule has 1 aromatic carbocycles. The third-order valence-electron chi connectivity index (χ3n) is 5.78. The van der Waals surface area contributed by atoms with Gasteiger partial charge in [0.15, 0.2) is 22.9 Å². The lowest BCUT2D eigenvalue weighted by molar-refractivity contribution is 0.0733. The maximum Gasteiger partial charge on any atom is 0.303 e. The molecule has 0 radical (unpaired) electrons. The Labute approximate surface area is 219 Å². The van der Waals surface area contributed by atoms with E-state index in [9.17, 15) is 8.42 Å². The summed E-state index contributed by atoms with van der Waals surface area (Å²) in [6.45, 7) is 3.47. The third-order valence-corrected chi connectivity index (χ3v) is 7.30. The number of anilines is 1. The number of pyridine rings is 1. The number of nitrogens with zero attached hydrogens (tertiary/aromatic N) is 6. The molecule has 0 aliphatic carbocycles. The summed E-state index contributed by atoms with van der Waals surface area (Å²) in [6, 6.07) is 10.7. The summed E-state index contributed by atoms with van der Waals surface area (Å²) in [7, 11) is -0.747. The molecule has 13 nitrogen and oxygen atoms in total. The highest BCUT2D eigenvalue weighted by molar-refractivity contribution is 7.90. The topological polar surface area (TPSA) is 143 Å². The normalized spacial score (nSPS) is 14.4. The SMILES string of the molecule is CCOc1cccc(-c2nc3nc(NS(=O)(=O)N4CCOCC4)cnc3n2-c2c(OC)cccc2OC)n1. The van der Waals surface area contributed by atoms with Crippen LogP contribution in [0.5, 0.6) is 17.4 Å². The van der Waals surface area contributed by atoms with Crippen LogP contribution in [0.25, 0.3) is 28.5 Å². The van der Waals surface area contributed by atoms with Crippen molar-refractivity contribution in [2.24, 2.45) is 0 Å². The lowest BCUT2D eigenvalue weighted by Crippen LogP contribution is -2.43. The van der Waals surface area contributed by atoms with Gasteiger partial charge in [-0.3, -0.25) is 9.29 Å². The summed E-state index contributed by atoms with van der Waals surface area (Å²) in [6.07, 6.45) is 1.34. The van der Waals surface area contributed by atoms with Crippen LogP contribution >= 0.6 is 0 Å². The first-order chi connectivity index (χ1) is 18.4. The van der Waals surface area contributed by atoms with Crippen LogP contribution in [0.15, 0.2) is 42.6 Å². The van der Waals surface area contributed by atoms with Gasteiger partial charge in [0, 0.05) is 19.2 Å². The van der Waals surface area contributed by atoms with Gasteiger partial charge in [0.2, 0.25) is 5.88 Å². The van der Waals surface area contributed by atoms with Crippen molar-refractivity contribution >= 4 is 27.3 Å². The number of hydrogen-bond acceptors (Lipinski definition) is 10. The summed E-state index contributed by atoms with van der Waals surface area (Å²) in [5.41, 5.74) is 1.56. The molecule has 200 valence electrons. The first-order valence-electron chi connectivity index (χ1n) is 11.9. The number of benzene rings is 1. The summed E-state index contributed by atoms with van der Waals surface area (Å²) in [5, 5.41) is 0. The summed E-state index contributed by atoms with van der Waals surface area (Å²) < 4.78 is 53.4. The molecule has 0 atom stereocenters. The van der Waals surface area contributed by atoms with Crippen molar-refractivity contribution in [2.45, 2.75) is 6.92 Å². The standard InChI is InChI=1S/C24H27N7O6S/c1-4-37-20-10-5-7-16(26-20)23-28-22-24(31(23)21-17(34-2)8-6-9-18(21)35-3)25-15-19(27-22)29-38(32,33)30-11-13-36-14-12-30/h5-10,15H,4,11-14H2,1-3H3,(H,27,29). The van der Waals surface area contributed by atoms with E-state index in [1.807, 2.05) is 6.92 Å². The predicted octanol–water partition coefficient (Wildman–Crippen LogP) is 2.28. The molecular weight excluding hydrogens is 514 g/mol. The number of methoxy groups -OCH3 is 2. The molecule has 4 aromatic rings. The van der Waals surface area contributed by atoms with Crippen molar-refractivity contribution in [3.8, 4) is 34.6 Å². The summed E-state index contributed by atoms with van der Waals surface area (Å²) >= 11 is 0. The molecule has 4 heterocycles. The second-order valence-corrected chi connectivity index (χ2v) is 9.77. The minimum Gasteiger partial charge on any atom is -0.494 e. The molecule has 1 saturated heterocycles. The van der Waals surface area contributed by atoms with E-state index in [0.29, 0.717) is 60.1 Å². The van der Waals surface area contributed by atoms with Gasteiger partial charge in [0.1, 0.15) is 22.9 Å². The molecular formula is C24H27N7O6S. The van der Waals surface area contributed by atoms with Gasteiger partial charge in [-0.2, -0.15) is 12.7 Å². The zero-order valence-electron chi connectivity index (χ0n) is 21.1. The molecule has 3 aromatic heterocycles. The Balaban J connectivity index is 1.67. The molecule has 1 fully saturated rings. The lowest BCUT2D eigenvalue weighted by atomic mass is 10.2. The molecule has 38 heavy (non-hydrogen) atoms. The number of rotatable bonds is 9. The van der Waals surface area contributed by atoms with Crippen LogP contribution in [-0.4, -0.2) is 84.4 Å². The molecule has 0 amide bonds. The van der Waals surface area contributed by atoms with Crippen LogP contribution in [0.4, 0.5) is 5.82 Å². The molecule has 14 heteroatoms. The molecule has 1 aliphatic rings. The van der Waals surface area contributed by atoms with Gasteiger partial charge in [-0.25, -0.2) is 19.9 Å². The highest BCUT2D eigenvalue weighted by atomic mass is 32.2. The van der Waals surface area contributed by atoms with Crippen molar-refractivity contribution in [3.05, 3.63) is 42.6 Å². The van der Waals surface area contributed by atoms with E-state index >= 15 is 0 Å². The monoisotopic (exact) mass is 541 g/mol. The van der Waals surface area contributed by atoms with Gasteiger partial charge in [0.05, 0.1) is 40.2 Å². The van der Waals surface area contributed by atoms with Crippen molar-refractivity contribution in [3.63, 3.8) is 0 Å². The maximum atomic E-state index is 12.9. The number of para-hydroxylation sites is 1. The van der Waals surface area contributed by atoms with Crippen molar-refractivity contribution < 1.29 is 27.4 Å². The fraction of sp³-hybridized carbons (Fsp3) is 0.333. The maximum absolute atomic E-state index is 12.9. The van der Waals surface area contributed by atoms with Crippen LogP contribution in [0.1, 0.15) is 6.92 Å². The Kier molecular flexibility index (Phi) is 7.26. The number of fused-ring (bicyclic) bond motifs is 1. The number of hydrogen-bond donors (Lipinski definition) is 1. The molecule has 1 aliphatic heterocycles. The van der Waals surface area contributed by atoms with Gasteiger partial charge < -0.3 is 18.9 Å². The Morgan fingerprint density at radius 1 is 1.00 bits per heavy atom. The van der Waals surface area contributed by atoms with E-state index < -0.39 is 10.2 Å². The number of nitrogens with one attached hydrogen (secondary N) is 1. The first-order valence-corrected chi connectivity index (χ1v) is 13.3. The smallest absolute Gasteiger partial charge is 0.303 e. The molecule has 5 rings (SSSR count). The quantitative estimate of drug-likeness (QED) is 0.335. The Bertz CT molecular complexity index is 1530. The van der Waals surface area contributed by atoms with Crippen LogP contribution in [0.2, 0.25) is 0 Å². The third kappa shape index (κ3) is 4.92. The fourth-order valence-electron chi connectivity index (χ4n) is 4.09. The largest absolute Gasteiger partial charge is 0.494 e. The van der Waals surface area contributed by atoms with E-state index in [-0.39, 0.29) is 24.6 Å². The average Bonchev–Trinajstić information content (AvgIpc) is 3.31. The zero-order valence-corrected chi connectivity index (χ0v) is 21.9. The van der Waals surface area contributed by atoms with E-state index in [0.717, 1.165) is 0 Å². The highest BCUT2D eigenvalue weighted by Gasteiger charge is 2.27. The molecule has 1 N–H and O–H groups in total. The molecule has 0 unspecified atom stereocenters. The molecule has 0 bridgehead atoms. The summed E-state index contributed by atoms with van der Waals surface area (Å²) in [5.74, 6) is 1.85. The summed E-state index contributed by atoms with van der Waals surface area (Å²) in [4.78, 5) is 18.3. The van der Waals surface area contributed by atoms with Crippen LogP contribution in [0.3, 0.4) is 0 Å². The average molecular weight is 542 g/mol. The van der Waals surface area contributed by atoms with Gasteiger partial charge >= 0.3 is 10.2 Å². The van der Waals surface area contributed by atoms with E-state index in [4.69, 9.17) is 23.9 Å². The van der Waals surface area contributed by atoms with Crippen molar-refractivity contribution in [1.82, 2.24) is 28.8 Å². The van der Waals surface area contributed by atoms with E-state index in [1.54, 1.807) is 55.2 Å². The second-order valence-electron chi connectivity index (χ2n) is 8.10. The molecule has 0 spiro atoms. The minimum atomic E-state index is -3.85. The van der Waals surface area contributed by atoms with Crippen LogP contribution < -0.4 is 18.9 Å². The first kappa shape index (κ1) is 25.6. The van der Waals surface area contributed by atoms with Gasteiger partial charge in [-0.1, -0.05) is 12.1 Å². The number of imidazole rings is 1. The minimum absolute atomic E-state index is 0.0307. The van der Waals surface area contributed by atoms with Crippen molar-refractivity contribution in [2.75, 3.05) is 51.9 Å². The Morgan fingerprint density at radius 3 is 2.39 bits per heavy atom. The zero-order chi connectivity index (χ0) is 26.7. The number of aromatic nitrogens is 5. The second kappa shape index (κ2) is 10.8. The van der Waals surface area contributed by atoms with Gasteiger partial charge in [0.25, 0.3) is 0 Å². The number of morpholine rings is 1. The fourth-order valence-corrected chi connectivity index (χ4v) is 5.21. The van der Waals surface area contributed by atoms with Crippen LogP contribution in [-0.2, 0) is 14.9 Å². The Hall–Kier alpha value is -4.01. The van der Waals surface area contributed by atoms with E-state index in [1.165, 1.54) is 10.5 Å². The molecule has 0 saturated carbocycles. The highest BCUT2D eigenvalue weighted by Crippen LogP contribution is 2.38. The van der Waals surface area contributed by atoms with E-state index in [2.05, 4.69) is 19.7 Å². The number of ether oxygens (including phenoxy) is 4. The van der Waals surface area contributed by atoms with Gasteiger partial charge in [-0.15, -0.1) is 0 Å². The predicted molar refractivity (Wildman–Crippen MR) is 139 cm³/mol. The van der Waals surface area contributed by atoms with Crippen molar-refractivity contribution in [1.29, 1.82) is 0 Å². The Morgan fingerprint density at radius 2 is 1.71 bits per heavy atom.